The third-order valence-electron chi connectivity index (χ3n) is 4.68. The predicted molar refractivity (Wildman–Crippen MR) is 93.4 cm³/mol. The molecule has 3 atom stereocenters. The molecule has 0 amide bonds. The second kappa shape index (κ2) is 7.31. The van der Waals surface area contributed by atoms with Crippen LogP contribution in [0.1, 0.15) is 30.1 Å². The van der Waals surface area contributed by atoms with Crippen LogP contribution in [-0.2, 0) is 20.9 Å². The monoisotopic (exact) mass is 374 g/mol. The zero-order valence-electron chi connectivity index (χ0n) is 14.6. The summed E-state index contributed by atoms with van der Waals surface area (Å²) >= 11 is 0. The summed E-state index contributed by atoms with van der Waals surface area (Å²) in [5.41, 5.74) is 2.37. The fourth-order valence-corrected chi connectivity index (χ4v) is 3.43. The molecule has 1 saturated carbocycles. The molecule has 3 heterocycles. The Kier molecular flexibility index (Phi) is 4.71. The summed E-state index contributed by atoms with van der Waals surface area (Å²) in [6.07, 6.45) is 2.24. The van der Waals surface area contributed by atoms with Crippen LogP contribution < -0.4 is 5.32 Å². The van der Waals surface area contributed by atoms with Gasteiger partial charge in [-0.15, -0.1) is 0 Å². The van der Waals surface area contributed by atoms with E-state index in [1.54, 1.807) is 24.0 Å². The van der Waals surface area contributed by atoms with E-state index in [4.69, 9.17) is 9.47 Å². The van der Waals surface area contributed by atoms with Crippen LogP contribution >= 0.6 is 0 Å². The molecule has 3 aromatic heterocycles. The number of H-pyrrole nitrogens is 1. The Hall–Kier alpha value is -3.01. The van der Waals surface area contributed by atoms with Crippen LogP contribution in [0, 0.1) is 0 Å². The van der Waals surface area contributed by atoms with Crippen molar-refractivity contribution in [1.82, 2.24) is 24.8 Å². The number of aromatic nitrogens is 5. The van der Waals surface area contributed by atoms with Crippen molar-refractivity contribution in [2.75, 3.05) is 12.4 Å². The standard InChI is InChI=1S/C17H19FN6O3/c1-26-8-11-6-14-17(19-2-3-24(14)23-11)20-16-7-13(21-22-16)10-4-12(18)15(5-10)27-9-25/h2-3,6-7,9-10,12,15H,4-5,8H2,1H3,(H2,19,20,21,22). The van der Waals surface area contributed by atoms with Crippen LogP contribution in [0.25, 0.3) is 5.52 Å². The molecular formula is C17H19FN6O3. The van der Waals surface area contributed by atoms with Gasteiger partial charge in [0.1, 0.15) is 17.8 Å². The Morgan fingerprint density at radius 3 is 3.15 bits per heavy atom. The largest absolute Gasteiger partial charge is 0.461 e. The van der Waals surface area contributed by atoms with Gasteiger partial charge in [0.25, 0.3) is 6.47 Å². The summed E-state index contributed by atoms with van der Waals surface area (Å²) in [6.45, 7) is 0.707. The van der Waals surface area contributed by atoms with E-state index in [0.29, 0.717) is 31.1 Å². The van der Waals surface area contributed by atoms with Gasteiger partial charge in [0.15, 0.2) is 11.6 Å². The molecule has 10 heteroatoms. The molecule has 0 spiro atoms. The highest BCUT2D eigenvalue weighted by Gasteiger charge is 2.37. The van der Waals surface area contributed by atoms with Crippen LogP contribution in [0.15, 0.2) is 24.5 Å². The summed E-state index contributed by atoms with van der Waals surface area (Å²) in [6, 6.07) is 3.71. The number of nitrogens with zero attached hydrogens (tertiary/aromatic N) is 4. The minimum Gasteiger partial charge on any atom is -0.461 e. The molecule has 3 unspecified atom stereocenters. The molecule has 1 aliphatic rings. The lowest BCUT2D eigenvalue weighted by Gasteiger charge is -2.08. The molecule has 9 nitrogen and oxygen atoms in total. The van der Waals surface area contributed by atoms with Gasteiger partial charge < -0.3 is 14.8 Å². The Morgan fingerprint density at radius 2 is 2.33 bits per heavy atom. The van der Waals surface area contributed by atoms with E-state index >= 15 is 0 Å². The average molecular weight is 374 g/mol. The van der Waals surface area contributed by atoms with Crippen LogP contribution in [0.2, 0.25) is 0 Å². The van der Waals surface area contributed by atoms with Gasteiger partial charge in [-0.3, -0.25) is 9.89 Å². The van der Waals surface area contributed by atoms with E-state index < -0.39 is 12.3 Å². The molecule has 0 radical (unpaired) electrons. The van der Waals surface area contributed by atoms with Crippen LogP contribution in [0.5, 0.6) is 0 Å². The number of methoxy groups -OCH3 is 1. The highest BCUT2D eigenvalue weighted by molar-refractivity contribution is 5.72. The number of carbonyl (C=O) groups excluding carboxylic acids is 1. The van der Waals surface area contributed by atoms with Crippen molar-refractivity contribution in [1.29, 1.82) is 0 Å². The van der Waals surface area contributed by atoms with Crippen molar-refractivity contribution in [3.05, 3.63) is 35.9 Å². The van der Waals surface area contributed by atoms with E-state index in [1.165, 1.54) is 0 Å². The maximum Gasteiger partial charge on any atom is 0.293 e. The second-order valence-electron chi connectivity index (χ2n) is 6.46. The average Bonchev–Trinajstić information content (AvgIpc) is 3.35. The number of carbonyl (C=O) groups is 1. The first kappa shape index (κ1) is 17.4. The number of halogens is 1. The Balaban J connectivity index is 1.51. The quantitative estimate of drug-likeness (QED) is 0.610. The molecule has 0 saturated heterocycles. The second-order valence-corrected chi connectivity index (χ2v) is 6.46. The fraction of sp³-hybridized carbons (Fsp3) is 0.412. The predicted octanol–water partition coefficient (Wildman–Crippen LogP) is 2.10. The van der Waals surface area contributed by atoms with Crippen LogP contribution in [0.3, 0.4) is 0 Å². The smallest absolute Gasteiger partial charge is 0.293 e. The summed E-state index contributed by atoms with van der Waals surface area (Å²) < 4.78 is 25.6. The summed E-state index contributed by atoms with van der Waals surface area (Å²) in [4.78, 5) is 14.8. The number of hydrogen-bond donors (Lipinski definition) is 2. The number of rotatable bonds is 7. The van der Waals surface area contributed by atoms with Crippen molar-refractivity contribution >= 4 is 23.6 Å². The zero-order valence-corrected chi connectivity index (χ0v) is 14.6. The van der Waals surface area contributed by atoms with Gasteiger partial charge in [0.2, 0.25) is 0 Å². The molecule has 0 aliphatic heterocycles. The Labute approximate surface area is 153 Å². The van der Waals surface area contributed by atoms with Gasteiger partial charge in [0, 0.05) is 37.2 Å². The Bertz CT molecular complexity index is 942. The Morgan fingerprint density at radius 1 is 1.44 bits per heavy atom. The van der Waals surface area contributed by atoms with Crippen molar-refractivity contribution in [3.63, 3.8) is 0 Å². The molecule has 2 N–H and O–H groups in total. The lowest BCUT2D eigenvalue weighted by atomic mass is 10.0. The maximum atomic E-state index is 13.9. The van der Waals surface area contributed by atoms with Gasteiger partial charge in [-0.2, -0.15) is 10.2 Å². The van der Waals surface area contributed by atoms with Gasteiger partial charge in [-0.05, 0) is 18.9 Å². The number of alkyl halides is 1. The lowest BCUT2D eigenvalue weighted by Crippen LogP contribution is -2.17. The van der Waals surface area contributed by atoms with Gasteiger partial charge >= 0.3 is 0 Å². The highest BCUT2D eigenvalue weighted by Crippen LogP contribution is 2.37. The summed E-state index contributed by atoms with van der Waals surface area (Å²) in [5, 5.41) is 14.7. The SMILES string of the molecule is COCc1cc2c(Nc3cc(C4CC(F)C(OC=O)C4)[nH]n3)nccn2n1. The molecule has 1 fully saturated rings. The van der Waals surface area contributed by atoms with E-state index in [2.05, 4.69) is 25.6 Å². The first-order valence-corrected chi connectivity index (χ1v) is 8.55. The van der Waals surface area contributed by atoms with E-state index in [-0.39, 0.29) is 12.3 Å². The summed E-state index contributed by atoms with van der Waals surface area (Å²) in [5.74, 6) is 1.08. The fourth-order valence-electron chi connectivity index (χ4n) is 3.43. The summed E-state index contributed by atoms with van der Waals surface area (Å²) in [7, 11) is 1.61. The number of fused-ring (bicyclic) bond motifs is 1. The number of hydrogen-bond acceptors (Lipinski definition) is 7. The highest BCUT2D eigenvalue weighted by atomic mass is 19.1. The van der Waals surface area contributed by atoms with Gasteiger partial charge in [-0.25, -0.2) is 13.9 Å². The number of nitrogens with one attached hydrogen (secondary N) is 2. The van der Waals surface area contributed by atoms with Crippen LogP contribution in [-0.4, -0.2) is 50.7 Å². The molecular weight excluding hydrogens is 355 g/mol. The minimum absolute atomic E-state index is 0.0833. The molecule has 0 bridgehead atoms. The number of aromatic amines is 1. The maximum absolute atomic E-state index is 13.9. The topological polar surface area (TPSA) is 106 Å². The third kappa shape index (κ3) is 3.47. The minimum atomic E-state index is -1.17. The zero-order chi connectivity index (χ0) is 18.8. The van der Waals surface area contributed by atoms with E-state index in [9.17, 15) is 9.18 Å². The van der Waals surface area contributed by atoms with Gasteiger partial charge in [0.05, 0.1) is 12.3 Å². The lowest BCUT2D eigenvalue weighted by molar-refractivity contribution is -0.135. The van der Waals surface area contributed by atoms with Crippen molar-refractivity contribution in [2.24, 2.45) is 0 Å². The molecule has 3 aromatic rings. The first-order chi connectivity index (χ1) is 13.2. The molecule has 4 rings (SSSR count). The van der Waals surface area contributed by atoms with Crippen molar-refractivity contribution in [2.45, 2.75) is 37.6 Å². The molecule has 0 aromatic carbocycles. The van der Waals surface area contributed by atoms with Crippen LogP contribution in [0.4, 0.5) is 16.0 Å². The molecule has 142 valence electrons. The van der Waals surface area contributed by atoms with Crippen molar-refractivity contribution in [3.8, 4) is 0 Å². The van der Waals surface area contributed by atoms with E-state index in [1.807, 2.05) is 12.1 Å². The van der Waals surface area contributed by atoms with Gasteiger partial charge in [-0.1, -0.05) is 0 Å². The number of ether oxygens (including phenoxy) is 2. The normalized spacial score (nSPS) is 22.2. The molecule has 27 heavy (non-hydrogen) atoms. The number of anilines is 2. The third-order valence-corrected chi connectivity index (χ3v) is 4.68. The van der Waals surface area contributed by atoms with E-state index in [0.717, 1.165) is 16.9 Å². The van der Waals surface area contributed by atoms with Crippen molar-refractivity contribution < 1.29 is 18.7 Å². The first-order valence-electron chi connectivity index (χ1n) is 8.55. The molecule has 1 aliphatic carbocycles.